The van der Waals surface area contributed by atoms with Crippen LogP contribution in [0.15, 0.2) is 30.3 Å². The van der Waals surface area contributed by atoms with Crippen LogP contribution in [-0.2, 0) is 9.59 Å². The highest BCUT2D eigenvalue weighted by Gasteiger charge is 2.30. The summed E-state index contributed by atoms with van der Waals surface area (Å²) in [4.78, 5) is 35.0. The van der Waals surface area contributed by atoms with Crippen LogP contribution in [0.1, 0.15) is 11.7 Å². The molecule has 0 radical (unpaired) electrons. The molecule has 0 aliphatic carbocycles. The van der Waals surface area contributed by atoms with E-state index in [2.05, 4.69) is 10.6 Å². The van der Waals surface area contributed by atoms with Gasteiger partial charge in [0.05, 0.1) is 12.6 Å². The van der Waals surface area contributed by atoms with E-state index in [9.17, 15) is 19.5 Å². The van der Waals surface area contributed by atoms with Gasteiger partial charge in [0.1, 0.15) is 6.54 Å². The number of hydrogen-bond donors (Lipinski definition) is 3. The fourth-order valence-electron chi connectivity index (χ4n) is 1.82. The molecular weight excluding hydrogens is 262 g/mol. The van der Waals surface area contributed by atoms with Crippen LogP contribution in [-0.4, -0.2) is 47.5 Å². The number of urea groups is 1. The minimum Gasteiger partial charge on any atom is -0.387 e. The number of imide groups is 1. The summed E-state index contributed by atoms with van der Waals surface area (Å²) in [6, 6.07) is 8.31. The van der Waals surface area contributed by atoms with Crippen molar-refractivity contribution in [3.05, 3.63) is 35.9 Å². The minimum atomic E-state index is -0.830. The number of nitrogens with zero attached hydrogens (tertiary/aromatic N) is 1. The van der Waals surface area contributed by atoms with Crippen LogP contribution in [0.4, 0.5) is 4.79 Å². The number of carbonyl (C=O) groups is 3. The second-order valence-electron chi connectivity index (χ2n) is 4.37. The molecule has 1 aromatic rings. The highest BCUT2D eigenvalue weighted by Crippen LogP contribution is 2.10. The van der Waals surface area contributed by atoms with Gasteiger partial charge in [0.2, 0.25) is 5.91 Å². The molecule has 7 heteroatoms. The molecule has 1 unspecified atom stereocenters. The average molecular weight is 277 g/mol. The van der Waals surface area contributed by atoms with Gasteiger partial charge in [0, 0.05) is 6.54 Å². The Balaban J connectivity index is 1.81. The van der Waals surface area contributed by atoms with Crippen molar-refractivity contribution in [1.29, 1.82) is 0 Å². The van der Waals surface area contributed by atoms with E-state index < -0.39 is 23.9 Å². The van der Waals surface area contributed by atoms with E-state index in [-0.39, 0.29) is 19.6 Å². The molecule has 2 rings (SSSR count). The summed E-state index contributed by atoms with van der Waals surface area (Å²) < 4.78 is 0. The summed E-state index contributed by atoms with van der Waals surface area (Å²) >= 11 is 0. The lowest BCUT2D eigenvalue weighted by Gasteiger charge is -2.15. The summed E-state index contributed by atoms with van der Waals surface area (Å²) in [6.07, 6.45) is -0.830. The van der Waals surface area contributed by atoms with Crippen molar-refractivity contribution >= 4 is 17.8 Å². The third kappa shape index (κ3) is 3.33. The van der Waals surface area contributed by atoms with Crippen LogP contribution in [0.5, 0.6) is 0 Å². The lowest BCUT2D eigenvalue weighted by Crippen LogP contribution is -2.41. The van der Waals surface area contributed by atoms with Crippen LogP contribution in [0, 0.1) is 0 Å². The predicted octanol–water partition coefficient (Wildman–Crippen LogP) is -0.612. The van der Waals surface area contributed by atoms with Gasteiger partial charge in [-0.1, -0.05) is 30.3 Å². The van der Waals surface area contributed by atoms with Crippen LogP contribution in [0.3, 0.4) is 0 Å². The highest BCUT2D eigenvalue weighted by molar-refractivity contribution is 6.04. The lowest BCUT2D eigenvalue weighted by atomic mass is 10.1. The van der Waals surface area contributed by atoms with Gasteiger partial charge in [-0.05, 0) is 5.56 Å². The number of amides is 4. The van der Waals surface area contributed by atoms with E-state index in [1.54, 1.807) is 24.3 Å². The topological polar surface area (TPSA) is 98.7 Å². The summed E-state index contributed by atoms with van der Waals surface area (Å²) in [5.74, 6) is -0.931. The first-order valence-electron chi connectivity index (χ1n) is 6.16. The zero-order chi connectivity index (χ0) is 14.5. The Morgan fingerprint density at radius 2 is 2.05 bits per heavy atom. The Hall–Kier alpha value is -2.41. The third-order valence-corrected chi connectivity index (χ3v) is 2.92. The molecule has 1 atom stereocenters. The summed E-state index contributed by atoms with van der Waals surface area (Å²) in [5, 5.41) is 14.7. The van der Waals surface area contributed by atoms with E-state index >= 15 is 0 Å². The maximum atomic E-state index is 11.6. The molecule has 1 aliphatic rings. The molecule has 1 heterocycles. The molecule has 0 spiro atoms. The summed E-state index contributed by atoms with van der Waals surface area (Å²) in [7, 11) is 0. The first-order valence-corrected chi connectivity index (χ1v) is 6.16. The van der Waals surface area contributed by atoms with Crippen molar-refractivity contribution in [2.24, 2.45) is 0 Å². The fourth-order valence-corrected chi connectivity index (χ4v) is 1.82. The standard InChI is InChI=1S/C13H15N3O4/c17-10(9-4-2-1-3-5-9)6-14-11(18)8-16-12(19)7-15-13(16)20/h1-5,10,17H,6-8H2,(H,14,18)(H,15,20). The van der Waals surface area contributed by atoms with Gasteiger partial charge < -0.3 is 15.7 Å². The normalized spacial score (nSPS) is 15.9. The van der Waals surface area contributed by atoms with E-state index in [1.807, 2.05) is 6.07 Å². The number of benzene rings is 1. The Labute approximate surface area is 115 Å². The zero-order valence-electron chi connectivity index (χ0n) is 10.7. The second-order valence-corrected chi connectivity index (χ2v) is 4.37. The van der Waals surface area contributed by atoms with E-state index in [0.29, 0.717) is 5.56 Å². The number of nitrogens with one attached hydrogen (secondary N) is 2. The van der Waals surface area contributed by atoms with Crippen LogP contribution >= 0.6 is 0 Å². The van der Waals surface area contributed by atoms with Gasteiger partial charge in [-0.2, -0.15) is 0 Å². The summed E-state index contributed by atoms with van der Waals surface area (Å²) in [5.41, 5.74) is 0.683. The van der Waals surface area contributed by atoms with Gasteiger partial charge >= 0.3 is 6.03 Å². The van der Waals surface area contributed by atoms with E-state index in [0.717, 1.165) is 4.90 Å². The molecule has 1 fully saturated rings. The molecule has 0 aromatic heterocycles. The third-order valence-electron chi connectivity index (χ3n) is 2.92. The van der Waals surface area contributed by atoms with Crippen LogP contribution in [0.25, 0.3) is 0 Å². The molecule has 7 nitrogen and oxygen atoms in total. The molecule has 106 valence electrons. The van der Waals surface area contributed by atoms with Crippen molar-refractivity contribution in [3.8, 4) is 0 Å². The Morgan fingerprint density at radius 1 is 1.35 bits per heavy atom. The van der Waals surface area contributed by atoms with Crippen LogP contribution in [0.2, 0.25) is 0 Å². The quantitative estimate of drug-likeness (QED) is 0.625. The van der Waals surface area contributed by atoms with Crippen molar-refractivity contribution < 1.29 is 19.5 Å². The molecule has 0 bridgehead atoms. The van der Waals surface area contributed by atoms with Crippen molar-refractivity contribution in [2.75, 3.05) is 19.6 Å². The molecular formula is C13H15N3O4. The van der Waals surface area contributed by atoms with Gasteiger partial charge in [0.25, 0.3) is 5.91 Å². The highest BCUT2D eigenvalue weighted by atomic mass is 16.3. The van der Waals surface area contributed by atoms with Crippen molar-refractivity contribution in [1.82, 2.24) is 15.5 Å². The van der Waals surface area contributed by atoms with E-state index in [1.165, 1.54) is 0 Å². The Kier molecular flexibility index (Phi) is 4.31. The number of carbonyl (C=O) groups excluding carboxylic acids is 3. The molecule has 0 saturated carbocycles. The minimum absolute atomic E-state index is 0.0203. The Morgan fingerprint density at radius 3 is 2.65 bits per heavy atom. The smallest absolute Gasteiger partial charge is 0.325 e. The predicted molar refractivity (Wildman–Crippen MR) is 69.5 cm³/mol. The number of hydrogen-bond acceptors (Lipinski definition) is 4. The first-order chi connectivity index (χ1) is 9.58. The van der Waals surface area contributed by atoms with Crippen molar-refractivity contribution in [2.45, 2.75) is 6.10 Å². The molecule has 3 N–H and O–H groups in total. The fraction of sp³-hybridized carbons (Fsp3) is 0.308. The SMILES string of the molecule is O=C(CN1C(=O)CNC1=O)NCC(O)c1ccccc1. The first kappa shape index (κ1) is 14.0. The molecule has 1 aromatic carbocycles. The maximum absolute atomic E-state index is 11.6. The monoisotopic (exact) mass is 277 g/mol. The largest absolute Gasteiger partial charge is 0.387 e. The number of rotatable bonds is 5. The van der Waals surface area contributed by atoms with E-state index in [4.69, 9.17) is 0 Å². The lowest BCUT2D eigenvalue weighted by molar-refractivity contribution is -0.130. The van der Waals surface area contributed by atoms with Gasteiger partial charge in [0.15, 0.2) is 0 Å². The molecule has 1 aliphatic heterocycles. The number of aliphatic hydroxyl groups is 1. The van der Waals surface area contributed by atoms with Gasteiger partial charge in [-0.25, -0.2) is 4.79 Å². The summed E-state index contributed by atoms with van der Waals surface area (Å²) in [6.45, 7) is -0.405. The maximum Gasteiger partial charge on any atom is 0.325 e. The van der Waals surface area contributed by atoms with Crippen LogP contribution < -0.4 is 10.6 Å². The second kappa shape index (κ2) is 6.16. The molecule has 4 amide bonds. The number of aliphatic hydroxyl groups excluding tert-OH is 1. The molecule has 1 saturated heterocycles. The van der Waals surface area contributed by atoms with Gasteiger partial charge in [-0.3, -0.25) is 14.5 Å². The Bertz CT molecular complexity index is 502. The molecule has 20 heavy (non-hydrogen) atoms. The zero-order valence-corrected chi connectivity index (χ0v) is 10.7. The van der Waals surface area contributed by atoms with Crippen molar-refractivity contribution in [3.63, 3.8) is 0 Å². The average Bonchev–Trinajstić information content (AvgIpc) is 2.77. The van der Waals surface area contributed by atoms with Gasteiger partial charge in [-0.15, -0.1) is 0 Å².